The van der Waals surface area contributed by atoms with E-state index in [9.17, 15) is 18.8 Å². The molecule has 4 rings (SSSR count). The van der Waals surface area contributed by atoms with Crippen molar-refractivity contribution in [2.45, 2.75) is 12.5 Å². The molecule has 184 valence electrons. The number of nitrogens with zero attached hydrogens (tertiary/aromatic N) is 2. The number of rotatable bonds is 7. The van der Waals surface area contributed by atoms with Crippen molar-refractivity contribution in [1.29, 1.82) is 0 Å². The van der Waals surface area contributed by atoms with Crippen molar-refractivity contribution in [3.05, 3.63) is 88.6 Å². The summed E-state index contributed by atoms with van der Waals surface area (Å²) in [5.74, 6) is -1.36. The van der Waals surface area contributed by atoms with E-state index in [1.807, 2.05) is 0 Å². The van der Waals surface area contributed by atoms with Crippen LogP contribution in [0.3, 0.4) is 0 Å². The van der Waals surface area contributed by atoms with Gasteiger partial charge in [0, 0.05) is 15.7 Å². The predicted molar refractivity (Wildman–Crippen MR) is 140 cm³/mol. The zero-order chi connectivity index (χ0) is 25.8. The molecule has 3 aromatic rings. The Morgan fingerprint density at radius 3 is 2.28 bits per heavy atom. The van der Waals surface area contributed by atoms with E-state index in [-0.39, 0.29) is 11.5 Å². The van der Waals surface area contributed by atoms with E-state index in [2.05, 4.69) is 26.7 Å². The summed E-state index contributed by atoms with van der Waals surface area (Å²) in [6.45, 7) is 0. The van der Waals surface area contributed by atoms with Gasteiger partial charge in [0.25, 0.3) is 11.8 Å². The van der Waals surface area contributed by atoms with Crippen molar-refractivity contribution in [3.8, 4) is 5.75 Å². The van der Waals surface area contributed by atoms with Crippen molar-refractivity contribution in [2.75, 3.05) is 17.3 Å². The van der Waals surface area contributed by atoms with Crippen LogP contribution in [0.15, 0.2) is 77.3 Å². The van der Waals surface area contributed by atoms with Gasteiger partial charge in [-0.05, 0) is 85.0 Å². The van der Waals surface area contributed by atoms with Gasteiger partial charge >= 0.3 is 0 Å². The molecule has 0 aromatic heterocycles. The number of halogens is 2. The van der Waals surface area contributed by atoms with Crippen LogP contribution in [0, 0.1) is 5.82 Å². The standard InChI is InChI=1S/C25H20BrFN4O4S/c1-35-20-12-10-19(11-13-20)30-24(34)21(14-22(32)28-18-8-6-17(27)7-9-18)31(25(30)36)29-23(33)15-2-4-16(26)5-3-15/h2-13,21H,14H2,1H3,(H,28,32)(H,29,33). The van der Waals surface area contributed by atoms with Crippen LogP contribution in [0.2, 0.25) is 0 Å². The molecule has 1 saturated heterocycles. The Bertz CT molecular complexity index is 1300. The number of amides is 3. The highest BCUT2D eigenvalue weighted by molar-refractivity contribution is 9.10. The number of carbonyl (C=O) groups is 3. The van der Waals surface area contributed by atoms with E-state index in [0.29, 0.717) is 22.7 Å². The average molecular weight is 571 g/mol. The monoisotopic (exact) mass is 570 g/mol. The molecule has 0 aliphatic carbocycles. The van der Waals surface area contributed by atoms with Gasteiger partial charge in [-0.3, -0.25) is 24.7 Å². The minimum Gasteiger partial charge on any atom is -0.497 e. The van der Waals surface area contributed by atoms with Crippen molar-refractivity contribution < 1.29 is 23.5 Å². The van der Waals surface area contributed by atoms with Crippen LogP contribution in [0.1, 0.15) is 16.8 Å². The summed E-state index contributed by atoms with van der Waals surface area (Å²) in [5.41, 5.74) is 3.83. The van der Waals surface area contributed by atoms with Crippen LogP contribution >= 0.6 is 28.1 Å². The van der Waals surface area contributed by atoms with Gasteiger partial charge in [0.1, 0.15) is 17.6 Å². The zero-order valence-corrected chi connectivity index (χ0v) is 21.3. The van der Waals surface area contributed by atoms with Crippen LogP contribution in [0.5, 0.6) is 5.75 Å². The lowest BCUT2D eigenvalue weighted by Crippen LogP contribution is -2.49. The number of carbonyl (C=O) groups excluding carboxylic acids is 3. The number of thiocarbonyl (C=S) groups is 1. The van der Waals surface area contributed by atoms with Crippen molar-refractivity contribution in [1.82, 2.24) is 10.4 Å². The summed E-state index contributed by atoms with van der Waals surface area (Å²) < 4.78 is 19.2. The third kappa shape index (κ3) is 5.52. The molecule has 0 saturated carbocycles. The van der Waals surface area contributed by atoms with Crippen molar-refractivity contribution in [3.63, 3.8) is 0 Å². The molecule has 1 fully saturated rings. The van der Waals surface area contributed by atoms with Gasteiger partial charge in [-0.2, -0.15) is 0 Å². The number of hydrogen-bond donors (Lipinski definition) is 2. The molecule has 11 heteroatoms. The summed E-state index contributed by atoms with van der Waals surface area (Å²) in [4.78, 5) is 40.4. The maximum absolute atomic E-state index is 13.5. The fraction of sp³-hybridized carbons (Fsp3) is 0.120. The third-order valence-corrected chi connectivity index (χ3v) is 6.29. The van der Waals surface area contributed by atoms with Gasteiger partial charge in [-0.15, -0.1) is 0 Å². The Morgan fingerprint density at radius 2 is 1.67 bits per heavy atom. The van der Waals surface area contributed by atoms with Gasteiger partial charge in [0.2, 0.25) is 11.0 Å². The second kappa shape index (κ2) is 10.8. The van der Waals surface area contributed by atoms with Gasteiger partial charge in [0.05, 0.1) is 19.2 Å². The van der Waals surface area contributed by atoms with E-state index in [1.54, 1.807) is 48.5 Å². The van der Waals surface area contributed by atoms with Crippen molar-refractivity contribution in [2.24, 2.45) is 0 Å². The van der Waals surface area contributed by atoms with E-state index in [1.165, 1.54) is 41.3 Å². The van der Waals surface area contributed by atoms with Crippen LogP contribution in [-0.4, -0.2) is 41.0 Å². The fourth-order valence-corrected chi connectivity index (χ4v) is 4.20. The maximum atomic E-state index is 13.5. The summed E-state index contributed by atoms with van der Waals surface area (Å²) in [5, 5.41) is 3.86. The smallest absolute Gasteiger partial charge is 0.269 e. The number of methoxy groups -OCH3 is 1. The molecule has 3 amide bonds. The molecule has 2 N–H and O–H groups in total. The summed E-state index contributed by atoms with van der Waals surface area (Å²) in [7, 11) is 1.52. The highest BCUT2D eigenvalue weighted by Gasteiger charge is 2.45. The number of hydrazine groups is 1. The lowest BCUT2D eigenvalue weighted by Gasteiger charge is -2.24. The quantitative estimate of drug-likeness (QED) is 0.412. The molecule has 3 aromatic carbocycles. The topological polar surface area (TPSA) is 91.0 Å². The minimum absolute atomic E-state index is 0.00945. The number of benzene rings is 3. The first-order chi connectivity index (χ1) is 17.3. The van der Waals surface area contributed by atoms with E-state index < -0.39 is 29.6 Å². The zero-order valence-electron chi connectivity index (χ0n) is 18.9. The molecule has 1 atom stereocenters. The summed E-state index contributed by atoms with van der Waals surface area (Å²) >= 11 is 8.87. The molecule has 1 aliphatic heterocycles. The average Bonchev–Trinajstić information content (AvgIpc) is 3.09. The van der Waals surface area contributed by atoms with Gasteiger partial charge < -0.3 is 10.1 Å². The van der Waals surface area contributed by atoms with Crippen molar-refractivity contribution >= 4 is 62.4 Å². The number of anilines is 2. The van der Waals surface area contributed by atoms with E-state index in [4.69, 9.17) is 17.0 Å². The lowest BCUT2D eigenvalue weighted by molar-refractivity contribution is -0.124. The number of nitrogens with one attached hydrogen (secondary N) is 2. The molecule has 0 spiro atoms. The molecule has 8 nitrogen and oxygen atoms in total. The third-order valence-electron chi connectivity index (χ3n) is 5.38. The molecule has 0 radical (unpaired) electrons. The molecular formula is C25H20BrFN4O4S. The highest BCUT2D eigenvalue weighted by atomic mass is 79.9. The normalized spacial score (nSPS) is 15.1. The fourth-order valence-electron chi connectivity index (χ4n) is 3.56. The second-order valence-corrected chi connectivity index (χ2v) is 9.03. The Kier molecular flexibility index (Phi) is 7.61. The SMILES string of the molecule is COc1ccc(N2C(=O)C(CC(=O)Nc3ccc(F)cc3)N(NC(=O)c3ccc(Br)cc3)C2=S)cc1. The van der Waals surface area contributed by atoms with Gasteiger partial charge in [0.15, 0.2) is 0 Å². The van der Waals surface area contributed by atoms with Crippen LogP contribution in [0.4, 0.5) is 15.8 Å². The predicted octanol–water partition coefficient (Wildman–Crippen LogP) is 4.27. The first kappa shape index (κ1) is 25.3. The molecule has 1 aliphatic rings. The van der Waals surface area contributed by atoms with Crippen LogP contribution in [-0.2, 0) is 9.59 Å². The molecular weight excluding hydrogens is 551 g/mol. The van der Waals surface area contributed by atoms with Crippen LogP contribution < -0.4 is 20.4 Å². The lowest BCUT2D eigenvalue weighted by atomic mass is 10.1. The van der Waals surface area contributed by atoms with Gasteiger partial charge in [-0.25, -0.2) is 9.40 Å². The Hall–Kier alpha value is -3.83. The first-order valence-electron chi connectivity index (χ1n) is 10.7. The van der Waals surface area contributed by atoms with E-state index in [0.717, 1.165) is 4.47 Å². The Morgan fingerprint density at radius 1 is 1.03 bits per heavy atom. The van der Waals surface area contributed by atoms with E-state index >= 15 is 0 Å². The van der Waals surface area contributed by atoms with Gasteiger partial charge in [-0.1, -0.05) is 15.9 Å². The highest BCUT2D eigenvalue weighted by Crippen LogP contribution is 2.28. The maximum Gasteiger partial charge on any atom is 0.269 e. The second-order valence-electron chi connectivity index (χ2n) is 7.75. The number of hydrogen-bond acceptors (Lipinski definition) is 5. The molecule has 0 bridgehead atoms. The molecule has 36 heavy (non-hydrogen) atoms. The summed E-state index contributed by atoms with van der Waals surface area (Å²) in [6.07, 6.45) is -0.316. The Labute approximate surface area is 220 Å². The minimum atomic E-state index is -1.11. The Balaban J connectivity index is 1.59. The first-order valence-corrected chi connectivity index (χ1v) is 11.9. The largest absolute Gasteiger partial charge is 0.497 e. The summed E-state index contributed by atoms with van der Waals surface area (Å²) in [6, 6.07) is 17.4. The number of ether oxygens (including phenoxy) is 1. The molecule has 1 unspecified atom stereocenters. The molecule has 1 heterocycles. The van der Waals surface area contributed by atoms with Crippen LogP contribution in [0.25, 0.3) is 0 Å².